The molecule has 0 bridgehead atoms. The van der Waals surface area contributed by atoms with Crippen molar-refractivity contribution in [2.75, 3.05) is 59.2 Å². The molecule has 2 aliphatic heterocycles. The van der Waals surface area contributed by atoms with Gasteiger partial charge >= 0.3 is 0 Å². The molecule has 1 unspecified atom stereocenters. The van der Waals surface area contributed by atoms with Crippen molar-refractivity contribution in [1.29, 1.82) is 0 Å². The first-order chi connectivity index (χ1) is 10.2. The second kappa shape index (κ2) is 9.99. The molecule has 0 aromatic carbocycles. The van der Waals surface area contributed by atoms with E-state index >= 15 is 0 Å². The standard InChI is InChI=1S/C14H25N3O4.ClH/c1-2-20-8-7-17-4-3-15-12(14(17)19)11-13(18)16-5-9-21-10-6-16;/h12,15H,2-11H2,1H3;1H. The summed E-state index contributed by atoms with van der Waals surface area (Å²) < 4.78 is 10.5. The van der Waals surface area contributed by atoms with Gasteiger partial charge in [-0.2, -0.15) is 0 Å². The molecule has 2 heterocycles. The fourth-order valence-corrected chi connectivity index (χ4v) is 2.61. The molecule has 128 valence electrons. The normalized spacial score (nSPS) is 22.4. The van der Waals surface area contributed by atoms with E-state index in [1.807, 2.05) is 6.92 Å². The summed E-state index contributed by atoms with van der Waals surface area (Å²) in [5.41, 5.74) is 0. The molecule has 0 spiro atoms. The minimum absolute atomic E-state index is 0. The minimum atomic E-state index is -0.407. The van der Waals surface area contributed by atoms with Gasteiger partial charge in [-0.05, 0) is 6.92 Å². The van der Waals surface area contributed by atoms with Crippen molar-refractivity contribution < 1.29 is 19.1 Å². The van der Waals surface area contributed by atoms with Crippen LogP contribution in [0.2, 0.25) is 0 Å². The highest BCUT2D eigenvalue weighted by molar-refractivity contribution is 5.89. The summed E-state index contributed by atoms with van der Waals surface area (Å²) in [4.78, 5) is 28.1. The van der Waals surface area contributed by atoms with E-state index in [0.29, 0.717) is 52.6 Å². The highest BCUT2D eigenvalue weighted by atomic mass is 35.5. The van der Waals surface area contributed by atoms with Gasteiger partial charge in [0.1, 0.15) is 0 Å². The maximum absolute atomic E-state index is 12.4. The topological polar surface area (TPSA) is 71.1 Å². The van der Waals surface area contributed by atoms with Crippen molar-refractivity contribution in [3.63, 3.8) is 0 Å². The van der Waals surface area contributed by atoms with Crippen LogP contribution in [-0.4, -0.2) is 86.8 Å². The van der Waals surface area contributed by atoms with E-state index in [0.717, 1.165) is 6.54 Å². The summed E-state index contributed by atoms with van der Waals surface area (Å²) in [5.74, 6) is 0.0263. The first kappa shape index (κ1) is 19.2. The molecular formula is C14H26ClN3O4. The van der Waals surface area contributed by atoms with Gasteiger partial charge in [0.15, 0.2) is 0 Å². The Morgan fingerprint density at radius 2 is 2.09 bits per heavy atom. The van der Waals surface area contributed by atoms with E-state index in [-0.39, 0.29) is 30.6 Å². The summed E-state index contributed by atoms with van der Waals surface area (Å²) in [6.45, 7) is 7.52. The molecular weight excluding hydrogens is 310 g/mol. The molecule has 2 amide bonds. The fourth-order valence-electron chi connectivity index (χ4n) is 2.61. The molecule has 0 aliphatic carbocycles. The molecule has 0 aromatic heterocycles. The van der Waals surface area contributed by atoms with Crippen molar-refractivity contribution in [2.24, 2.45) is 0 Å². The molecule has 0 radical (unpaired) electrons. The summed E-state index contributed by atoms with van der Waals surface area (Å²) in [6, 6.07) is -0.407. The van der Waals surface area contributed by atoms with E-state index < -0.39 is 6.04 Å². The van der Waals surface area contributed by atoms with Crippen LogP contribution in [0, 0.1) is 0 Å². The predicted octanol–water partition coefficient (Wildman–Crippen LogP) is -0.506. The Kier molecular flexibility index (Phi) is 8.70. The molecule has 2 aliphatic rings. The Balaban J connectivity index is 0.00000242. The fraction of sp³-hybridized carbons (Fsp3) is 0.857. The number of morpholine rings is 1. The molecule has 2 fully saturated rings. The van der Waals surface area contributed by atoms with Crippen molar-refractivity contribution in [3.8, 4) is 0 Å². The second-order valence-corrected chi connectivity index (χ2v) is 5.23. The Bertz CT molecular complexity index is 364. The number of hydrogen-bond acceptors (Lipinski definition) is 5. The summed E-state index contributed by atoms with van der Waals surface area (Å²) in [7, 11) is 0. The molecule has 0 aromatic rings. The minimum Gasteiger partial charge on any atom is -0.380 e. The van der Waals surface area contributed by atoms with E-state index in [1.54, 1.807) is 9.80 Å². The number of ether oxygens (including phenoxy) is 2. The summed E-state index contributed by atoms with van der Waals surface area (Å²) in [6.07, 6.45) is 0.226. The Morgan fingerprint density at radius 3 is 2.77 bits per heavy atom. The van der Waals surface area contributed by atoms with Crippen LogP contribution in [0.3, 0.4) is 0 Å². The lowest BCUT2D eigenvalue weighted by molar-refractivity contribution is -0.143. The average molecular weight is 336 g/mol. The molecule has 2 rings (SSSR count). The van der Waals surface area contributed by atoms with Crippen molar-refractivity contribution >= 4 is 24.2 Å². The highest BCUT2D eigenvalue weighted by Crippen LogP contribution is 2.08. The van der Waals surface area contributed by atoms with Gasteiger partial charge in [-0.1, -0.05) is 0 Å². The highest BCUT2D eigenvalue weighted by Gasteiger charge is 2.31. The number of carbonyl (C=O) groups is 2. The molecule has 0 saturated carbocycles. The number of rotatable bonds is 6. The van der Waals surface area contributed by atoms with Gasteiger partial charge in [0.2, 0.25) is 11.8 Å². The van der Waals surface area contributed by atoms with E-state index in [4.69, 9.17) is 9.47 Å². The summed E-state index contributed by atoms with van der Waals surface area (Å²) in [5, 5.41) is 3.15. The van der Waals surface area contributed by atoms with Crippen LogP contribution < -0.4 is 5.32 Å². The van der Waals surface area contributed by atoms with Crippen molar-refractivity contribution in [2.45, 2.75) is 19.4 Å². The molecule has 1 N–H and O–H groups in total. The van der Waals surface area contributed by atoms with E-state index in [2.05, 4.69) is 5.32 Å². The van der Waals surface area contributed by atoms with Crippen LogP contribution in [0.25, 0.3) is 0 Å². The third-order valence-corrected chi connectivity index (χ3v) is 3.83. The maximum atomic E-state index is 12.4. The zero-order valence-electron chi connectivity index (χ0n) is 13.1. The van der Waals surface area contributed by atoms with Crippen molar-refractivity contribution in [1.82, 2.24) is 15.1 Å². The largest absolute Gasteiger partial charge is 0.380 e. The Morgan fingerprint density at radius 1 is 1.36 bits per heavy atom. The second-order valence-electron chi connectivity index (χ2n) is 5.23. The van der Waals surface area contributed by atoms with Gasteiger partial charge < -0.3 is 24.6 Å². The van der Waals surface area contributed by atoms with E-state index in [1.165, 1.54) is 0 Å². The van der Waals surface area contributed by atoms with Crippen LogP contribution in [0.5, 0.6) is 0 Å². The first-order valence-electron chi connectivity index (χ1n) is 7.67. The van der Waals surface area contributed by atoms with Gasteiger partial charge in [0.25, 0.3) is 0 Å². The smallest absolute Gasteiger partial charge is 0.240 e. The predicted molar refractivity (Wildman–Crippen MR) is 84.1 cm³/mol. The molecule has 8 heteroatoms. The maximum Gasteiger partial charge on any atom is 0.240 e. The number of carbonyl (C=O) groups excluding carboxylic acids is 2. The van der Waals surface area contributed by atoms with Gasteiger partial charge in [-0.15, -0.1) is 12.4 Å². The number of halogens is 1. The third-order valence-electron chi connectivity index (χ3n) is 3.83. The number of piperazine rings is 1. The van der Waals surface area contributed by atoms with Crippen LogP contribution in [-0.2, 0) is 19.1 Å². The SMILES string of the molecule is CCOCCN1CCNC(CC(=O)N2CCOCC2)C1=O.Cl. The average Bonchev–Trinajstić information content (AvgIpc) is 2.52. The quantitative estimate of drug-likeness (QED) is 0.662. The monoisotopic (exact) mass is 335 g/mol. The van der Waals surface area contributed by atoms with Crippen LogP contribution in [0.1, 0.15) is 13.3 Å². The van der Waals surface area contributed by atoms with Crippen LogP contribution >= 0.6 is 12.4 Å². The zero-order valence-corrected chi connectivity index (χ0v) is 13.9. The lowest BCUT2D eigenvalue weighted by atomic mass is 10.1. The van der Waals surface area contributed by atoms with Gasteiger partial charge in [-0.3, -0.25) is 9.59 Å². The third kappa shape index (κ3) is 5.39. The van der Waals surface area contributed by atoms with Gasteiger partial charge in [0.05, 0.1) is 32.3 Å². The van der Waals surface area contributed by atoms with Crippen LogP contribution in [0.15, 0.2) is 0 Å². The van der Waals surface area contributed by atoms with Crippen LogP contribution in [0.4, 0.5) is 0 Å². The lowest BCUT2D eigenvalue weighted by Gasteiger charge is -2.34. The Labute approximate surface area is 137 Å². The zero-order chi connectivity index (χ0) is 15.1. The Hall–Kier alpha value is -0.890. The van der Waals surface area contributed by atoms with Gasteiger partial charge in [0, 0.05) is 39.3 Å². The molecule has 2 saturated heterocycles. The molecule has 7 nitrogen and oxygen atoms in total. The number of nitrogens with one attached hydrogen (secondary N) is 1. The lowest BCUT2D eigenvalue weighted by Crippen LogP contribution is -2.57. The summed E-state index contributed by atoms with van der Waals surface area (Å²) >= 11 is 0. The first-order valence-corrected chi connectivity index (χ1v) is 7.67. The number of amides is 2. The number of nitrogens with zero attached hydrogens (tertiary/aromatic N) is 2. The van der Waals surface area contributed by atoms with Gasteiger partial charge in [-0.25, -0.2) is 0 Å². The number of hydrogen-bond donors (Lipinski definition) is 1. The van der Waals surface area contributed by atoms with Crippen molar-refractivity contribution in [3.05, 3.63) is 0 Å². The van der Waals surface area contributed by atoms with E-state index in [9.17, 15) is 9.59 Å². The molecule has 1 atom stereocenters. The molecule has 22 heavy (non-hydrogen) atoms.